The van der Waals surface area contributed by atoms with Gasteiger partial charge in [-0.15, -0.1) is 0 Å². The second-order valence-corrected chi connectivity index (χ2v) is 4.43. The minimum atomic E-state index is -0.493. The number of ketones is 1. The largest absolute Gasteiger partial charge is 0.300 e. The number of Topliss-reactive ketones (excluding diaryl/α,β-unsaturated/α-hetero) is 1. The molecule has 1 rings (SSSR count). The third kappa shape index (κ3) is 2.76. The zero-order chi connectivity index (χ0) is 11.4. The maximum atomic E-state index is 11.4. The van der Waals surface area contributed by atoms with Gasteiger partial charge >= 0.3 is 0 Å². The molecule has 1 aliphatic carbocycles. The summed E-state index contributed by atoms with van der Waals surface area (Å²) in [5, 5.41) is 10.9. The van der Waals surface area contributed by atoms with Gasteiger partial charge in [-0.05, 0) is 26.2 Å². The summed E-state index contributed by atoms with van der Waals surface area (Å²) in [5.41, 5.74) is 0. The van der Waals surface area contributed by atoms with Crippen LogP contribution in [0.1, 0.15) is 46.0 Å². The molecule has 4 heteroatoms. The molecule has 3 unspecified atom stereocenters. The van der Waals surface area contributed by atoms with Crippen molar-refractivity contribution in [3.63, 3.8) is 0 Å². The fourth-order valence-corrected chi connectivity index (χ4v) is 2.76. The molecule has 3 atom stereocenters. The normalized spacial score (nSPS) is 28.4. The van der Waals surface area contributed by atoms with Gasteiger partial charge in [0.15, 0.2) is 0 Å². The minimum Gasteiger partial charge on any atom is -0.300 e. The molecule has 0 aliphatic heterocycles. The zero-order valence-corrected chi connectivity index (χ0v) is 9.44. The molecule has 4 nitrogen and oxygen atoms in total. The van der Waals surface area contributed by atoms with E-state index in [2.05, 4.69) is 0 Å². The SMILES string of the molecule is CCC(C(C)=O)C1CCCCC1[N+](=O)[O-]. The highest BCUT2D eigenvalue weighted by atomic mass is 16.6. The second-order valence-electron chi connectivity index (χ2n) is 4.43. The molecule has 0 radical (unpaired) electrons. The van der Waals surface area contributed by atoms with E-state index in [1.165, 1.54) is 0 Å². The molecule has 0 spiro atoms. The number of carbonyl (C=O) groups is 1. The van der Waals surface area contributed by atoms with Crippen LogP contribution in [0.2, 0.25) is 0 Å². The Morgan fingerprint density at radius 1 is 1.47 bits per heavy atom. The van der Waals surface area contributed by atoms with Crippen LogP contribution < -0.4 is 0 Å². The van der Waals surface area contributed by atoms with Gasteiger partial charge in [0.05, 0.1) is 0 Å². The molecule has 0 aromatic heterocycles. The molecule has 0 aromatic rings. The second kappa shape index (κ2) is 5.24. The van der Waals surface area contributed by atoms with Crippen LogP contribution in [-0.4, -0.2) is 16.7 Å². The molecule has 1 fully saturated rings. The molecule has 86 valence electrons. The lowest BCUT2D eigenvalue weighted by molar-refractivity contribution is -0.537. The van der Waals surface area contributed by atoms with Gasteiger partial charge in [-0.3, -0.25) is 14.9 Å². The number of nitro groups is 1. The lowest BCUT2D eigenvalue weighted by Crippen LogP contribution is -2.39. The Morgan fingerprint density at radius 3 is 2.53 bits per heavy atom. The van der Waals surface area contributed by atoms with Crippen LogP contribution in [0, 0.1) is 22.0 Å². The molecule has 0 amide bonds. The van der Waals surface area contributed by atoms with Crippen molar-refractivity contribution in [2.75, 3.05) is 0 Å². The average Bonchev–Trinajstić information content (AvgIpc) is 2.18. The van der Waals surface area contributed by atoms with Crippen LogP contribution in [0.5, 0.6) is 0 Å². The van der Waals surface area contributed by atoms with E-state index >= 15 is 0 Å². The molecule has 0 bridgehead atoms. The molecule has 0 N–H and O–H groups in total. The highest BCUT2D eigenvalue weighted by molar-refractivity contribution is 5.78. The summed E-state index contributed by atoms with van der Waals surface area (Å²) in [4.78, 5) is 22.1. The highest BCUT2D eigenvalue weighted by Crippen LogP contribution is 2.34. The monoisotopic (exact) mass is 213 g/mol. The van der Waals surface area contributed by atoms with Gasteiger partial charge in [0.25, 0.3) is 0 Å². The molecule has 0 aromatic carbocycles. The van der Waals surface area contributed by atoms with E-state index in [1.807, 2.05) is 6.92 Å². The summed E-state index contributed by atoms with van der Waals surface area (Å²) < 4.78 is 0. The molecule has 0 saturated heterocycles. The number of nitrogens with zero attached hydrogens (tertiary/aromatic N) is 1. The predicted molar refractivity (Wildman–Crippen MR) is 57.2 cm³/mol. The van der Waals surface area contributed by atoms with Crippen molar-refractivity contribution in [1.82, 2.24) is 0 Å². The maximum absolute atomic E-state index is 11.4. The standard InChI is InChI=1S/C11H19NO3/c1-3-9(8(2)13)10-6-4-5-7-11(10)12(14)15/h9-11H,3-7H2,1-2H3. The van der Waals surface area contributed by atoms with Crippen molar-refractivity contribution in [3.05, 3.63) is 10.1 Å². The molecule has 1 aliphatic rings. The third-order valence-electron chi connectivity index (χ3n) is 3.53. The first-order chi connectivity index (χ1) is 7.07. The van der Waals surface area contributed by atoms with Crippen LogP contribution in [0.15, 0.2) is 0 Å². The lowest BCUT2D eigenvalue weighted by atomic mass is 9.74. The first-order valence-electron chi connectivity index (χ1n) is 5.71. The van der Waals surface area contributed by atoms with E-state index in [-0.39, 0.29) is 22.5 Å². The Bertz CT molecular complexity index is 236. The number of carbonyl (C=O) groups excluding carboxylic acids is 1. The Morgan fingerprint density at radius 2 is 2.07 bits per heavy atom. The summed E-state index contributed by atoms with van der Waals surface area (Å²) in [6.45, 7) is 3.50. The third-order valence-corrected chi connectivity index (χ3v) is 3.53. The number of hydrogen-bond donors (Lipinski definition) is 0. The van der Waals surface area contributed by atoms with Crippen molar-refractivity contribution in [2.45, 2.75) is 52.0 Å². The summed E-state index contributed by atoms with van der Waals surface area (Å²) in [6, 6.07) is -0.493. The first kappa shape index (κ1) is 12.1. The van der Waals surface area contributed by atoms with Crippen LogP contribution >= 0.6 is 0 Å². The van der Waals surface area contributed by atoms with E-state index in [1.54, 1.807) is 6.92 Å². The predicted octanol–water partition coefficient (Wildman–Crippen LogP) is 2.44. The zero-order valence-electron chi connectivity index (χ0n) is 9.44. The summed E-state index contributed by atoms with van der Waals surface area (Å²) >= 11 is 0. The highest BCUT2D eigenvalue weighted by Gasteiger charge is 2.40. The summed E-state index contributed by atoms with van der Waals surface area (Å²) in [7, 11) is 0. The minimum absolute atomic E-state index is 0.0313. The van der Waals surface area contributed by atoms with Gasteiger partial charge in [0, 0.05) is 23.2 Å². The first-order valence-corrected chi connectivity index (χ1v) is 5.71. The van der Waals surface area contributed by atoms with Gasteiger partial charge in [0.1, 0.15) is 5.78 Å². The maximum Gasteiger partial charge on any atom is 0.216 e. The smallest absolute Gasteiger partial charge is 0.216 e. The molecule has 15 heavy (non-hydrogen) atoms. The number of hydrogen-bond acceptors (Lipinski definition) is 3. The Labute approximate surface area is 90.2 Å². The van der Waals surface area contributed by atoms with Gasteiger partial charge < -0.3 is 0 Å². The van der Waals surface area contributed by atoms with Gasteiger partial charge in [-0.1, -0.05) is 13.3 Å². The van der Waals surface area contributed by atoms with Crippen molar-refractivity contribution in [2.24, 2.45) is 11.8 Å². The van der Waals surface area contributed by atoms with Crippen molar-refractivity contribution < 1.29 is 9.72 Å². The van der Waals surface area contributed by atoms with E-state index in [4.69, 9.17) is 0 Å². The Balaban J connectivity index is 2.78. The van der Waals surface area contributed by atoms with Crippen molar-refractivity contribution >= 4 is 5.78 Å². The Kier molecular flexibility index (Phi) is 4.24. The Hall–Kier alpha value is -0.930. The lowest BCUT2D eigenvalue weighted by Gasteiger charge is -2.30. The van der Waals surface area contributed by atoms with Crippen molar-refractivity contribution in [3.8, 4) is 0 Å². The van der Waals surface area contributed by atoms with Crippen LogP contribution in [-0.2, 0) is 4.79 Å². The molecular weight excluding hydrogens is 194 g/mol. The van der Waals surface area contributed by atoms with Crippen LogP contribution in [0.3, 0.4) is 0 Å². The quantitative estimate of drug-likeness (QED) is 0.532. The van der Waals surface area contributed by atoms with E-state index in [9.17, 15) is 14.9 Å². The molecular formula is C11H19NO3. The fourth-order valence-electron chi connectivity index (χ4n) is 2.76. The summed E-state index contributed by atoms with van der Waals surface area (Å²) in [5.74, 6) is -0.0341. The average molecular weight is 213 g/mol. The van der Waals surface area contributed by atoms with E-state index in [0.29, 0.717) is 6.42 Å². The van der Waals surface area contributed by atoms with Gasteiger partial charge in [-0.25, -0.2) is 0 Å². The summed E-state index contributed by atoms with van der Waals surface area (Å²) in [6.07, 6.45) is 4.16. The van der Waals surface area contributed by atoms with Gasteiger partial charge in [-0.2, -0.15) is 0 Å². The van der Waals surface area contributed by atoms with E-state index in [0.717, 1.165) is 25.7 Å². The van der Waals surface area contributed by atoms with E-state index < -0.39 is 6.04 Å². The van der Waals surface area contributed by atoms with Crippen LogP contribution in [0.4, 0.5) is 0 Å². The van der Waals surface area contributed by atoms with Crippen molar-refractivity contribution in [1.29, 1.82) is 0 Å². The molecule has 0 heterocycles. The van der Waals surface area contributed by atoms with Gasteiger partial charge in [0.2, 0.25) is 6.04 Å². The number of rotatable bonds is 4. The van der Waals surface area contributed by atoms with Crippen LogP contribution in [0.25, 0.3) is 0 Å². The molecule has 1 saturated carbocycles. The topological polar surface area (TPSA) is 60.2 Å². The fraction of sp³-hybridized carbons (Fsp3) is 0.909.